The molecule has 88 valence electrons. The van der Waals surface area contributed by atoms with Crippen molar-refractivity contribution in [2.45, 2.75) is 49.8 Å². The van der Waals surface area contributed by atoms with E-state index in [-0.39, 0.29) is 5.91 Å². The lowest BCUT2D eigenvalue weighted by Gasteiger charge is -2.24. The maximum Gasteiger partial charge on any atom is 0.237 e. The summed E-state index contributed by atoms with van der Waals surface area (Å²) in [6.45, 7) is 2.20. The Kier molecular flexibility index (Phi) is 4.93. The van der Waals surface area contributed by atoms with Crippen LogP contribution in [0.3, 0.4) is 0 Å². The number of thioether (sulfide) groups is 1. The van der Waals surface area contributed by atoms with Gasteiger partial charge in [-0.15, -0.1) is 0 Å². The zero-order valence-electron chi connectivity index (χ0n) is 9.71. The van der Waals surface area contributed by atoms with Gasteiger partial charge in [0.1, 0.15) is 0 Å². The van der Waals surface area contributed by atoms with Crippen LogP contribution >= 0.6 is 11.8 Å². The maximum absolute atomic E-state index is 11.4. The number of hydrogen-bond acceptors (Lipinski definition) is 3. The number of amides is 1. The molecule has 0 aromatic heterocycles. The second-order valence-corrected chi connectivity index (χ2v) is 5.69. The lowest BCUT2D eigenvalue weighted by Crippen LogP contribution is -2.52. The van der Waals surface area contributed by atoms with E-state index in [9.17, 15) is 4.79 Å². The average molecular weight is 230 g/mol. The summed E-state index contributed by atoms with van der Waals surface area (Å²) < 4.78 is 0. The molecule has 0 bridgehead atoms. The first-order chi connectivity index (χ1) is 7.14. The number of unbranched alkanes of at least 4 members (excludes halogenated alkanes) is 1. The lowest BCUT2D eigenvalue weighted by molar-refractivity contribution is -0.124. The molecule has 0 spiro atoms. The second-order valence-electron chi connectivity index (χ2n) is 4.29. The van der Waals surface area contributed by atoms with Crippen molar-refractivity contribution < 1.29 is 4.79 Å². The molecule has 1 fully saturated rings. The SMILES string of the molecule is CCCCSC1CCC(NC)(C(N)=O)C1. The van der Waals surface area contributed by atoms with Crippen molar-refractivity contribution in [1.82, 2.24) is 5.32 Å². The van der Waals surface area contributed by atoms with Crippen molar-refractivity contribution >= 4 is 17.7 Å². The molecule has 1 rings (SSSR count). The van der Waals surface area contributed by atoms with Crippen molar-refractivity contribution in [2.24, 2.45) is 5.73 Å². The molecule has 3 N–H and O–H groups in total. The molecule has 1 saturated carbocycles. The zero-order valence-corrected chi connectivity index (χ0v) is 10.5. The third-order valence-corrected chi connectivity index (χ3v) is 4.67. The first-order valence-electron chi connectivity index (χ1n) is 5.75. The quantitative estimate of drug-likeness (QED) is 0.680. The summed E-state index contributed by atoms with van der Waals surface area (Å²) >= 11 is 2.00. The van der Waals surface area contributed by atoms with Crippen LogP contribution in [0.15, 0.2) is 0 Å². The van der Waals surface area contributed by atoms with Gasteiger partial charge in [-0.1, -0.05) is 13.3 Å². The summed E-state index contributed by atoms with van der Waals surface area (Å²) in [6, 6.07) is 0. The van der Waals surface area contributed by atoms with Gasteiger partial charge in [-0.2, -0.15) is 11.8 Å². The van der Waals surface area contributed by atoms with Gasteiger partial charge in [-0.3, -0.25) is 4.79 Å². The van der Waals surface area contributed by atoms with Gasteiger partial charge in [0.2, 0.25) is 5.91 Å². The van der Waals surface area contributed by atoms with E-state index in [1.165, 1.54) is 18.6 Å². The van der Waals surface area contributed by atoms with E-state index in [4.69, 9.17) is 5.73 Å². The van der Waals surface area contributed by atoms with Crippen molar-refractivity contribution in [3.8, 4) is 0 Å². The first-order valence-corrected chi connectivity index (χ1v) is 6.80. The first kappa shape index (κ1) is 12.8. The molecule has 4 heteroatoms. The topological polar surface area (TPSA) is 55.1 Å². The molecule has 3 nitrogen and oxygen atoms in total. The third kappa shape index (κ3) is 3.11. The Labute approximate surface area is 96.6 Å². The normalized spacial score (nSPS) is 30.7. The van der Waals surface area contributed by atoms with Crippen LogP contribution in [0.4, 0.5) is 0 Å². The summed E-state index contributed by atoms with van der Waals surface area (Å²) in [5, 5.41) is 3.72. The van der Waals surface area contributed by atoms with Crippen molar-refractivity contribution in [1.29, 1.82) is 0 Å². The molecular weight excluding hydrogens is 208 g/mol. The molecule has 1 aliphatic carbocycles. The van der Waals surface area contributed by atoms with Gasteiger partial charge in [0.15, 0.2) is 0 Å². The standard InChI is InChI=1S/C11H22N2OS/c1-3-4-7-15-9-5-6-11(8-9,13-2)10(12)14/h9,13H,3-8H2,1-2H3,(H2,12,14). The summed E-state index contributed by atoms with van der Waals surface area (Å²) in [7, 11) is 1.84. The predicted octanol–water partition coefficient (Wildman–Crippen LogP) is 1.52. The fourth-order valence-corrected chi connectivity index (χ4v) is 3.59. The van der Waals surface area contributed by atoms with Crippen LogP contribution in [0.1, 0.15) is 39.0 Å². The molecule has 0 aliphatic heterocycles. The maximum atomic E-state index is 11.4. The Hall–Kier alpha value is -0.220. The summed E-state index contributed by atoms with van der Waals surface area (Å²) in [6.07, 6.45) is 5.41. The Morgan fingerprint density at radius 1 is 1.67 bits per heavy atom. The second kappa shape index (κ2) is 5.75. The highest BCUT2D eigenvalue weighted by atomic mass is 32.2. The molecule has 1 aliphatic rings. The number of likely N-dealkylation sites (N-methyl/N-ethyl adjacent to an activating group) is 1. The van der Waals surface area contributed by atoms with Gasteiger partial charge < -0.3 is 11.1 Å². The average Bonchev–Trinajstić information content (AvgIpc) is 2.63. The van der Waals surface area contributed by atoms with Gasteiger partial charge in [0.25, 0.3) is 0 Å². The molecule has 2 unspecified atom stereocenters. The van der Waals surface area contributed by atoms with Crippen molar-refractivity contribution in [2.75, 3.05) is 12.8 Å². The third-order valence-electron chi connectivity index (χ3n) is 3.27. The molecule has 0 aromatic carbocycles. The monoisotopic (exact) mass is 230 g/mol. The Bertz CT molecular complexity index is 223. The van der Waals surface area contributed by atoms with E-state index in [1.54, 1.807) is 0 Å². The van der Waals surface area contributed by atoms with Gasteiger partial charge in [0, 0.05) is 5.25 Å². The number of hydrogen-bond donors (Lipinski definition) is 2. The predicted molar refractivity (Wildman–Crippen MR) is 66.0 cm³/mol. The number of carbonyl (C=O) groups is 1. The largest absolute Gasteiger partial charge is 0.368 e. The lowest BCUT2D eigenvalue weighted by atomic mass is 9.97. The van der Waals surface area contributed by atoms with Crippen LogP contribution in [-0.4, -0.2) is 29.5 Å². The molecule has 2 atom stereocenters. The van der Waals surface area contributed by atoms with Gasteiger partial charge in [-0.05, 0) is 38.5 Å². The summed E-state index contributed by atoms with van der Waals surface area (Å²) in [5.41, 5.74) is 5.02. The van der Waals surface area contributed by atoms with Crippen molar-refractivity contribution in [3.05, 3.63) is 0 Å². The highest BCUT2D eigenvalue weighted by Crippen LogP contribution is 2.37. The van der Waals surface area contributed by atoms with Gasteiger partial charge in [0.05, 0.1) is 5.54 Å². The Morgan fingerprint density at radius 3 is 2.87 bits per heavy atom. The molecular formula is C11H22N2OS. The van der Waals surface area contributed by atoms with Crippen LogP contribution in [-0.2, 0) is 4.79 Å². The molecule has 0 radical (unpaired) electrons. The van der Waals surface area contributed by atoms with E-state index in [1.807, 2.05) is 18.8 Å². The van der Waals surface area contributed by atoms with E-state index >= 15 is 0 Å². The molecule has 0 heterocycles. The smallest absolute Gasteiger partial charge is 0.237 e. The fourth-order valence-electron chi connectivity index (χ4n) is 2.11. The van der Waals surface area contributed by atoms with Gasteiger partial charge >= 0.3 is 0 Å². The Balaban J connectivity index is 2.39. The number of carbonyl (C=O) groups excluding carboxylic acids is 1. The number of nitrogens with two attached hydrogens (primary N) is 1. The summed E-state index contributed by atoms with van der Waals surface area (Å²) in [5.74, 6) is 1.02. The van der Waals surface area contributed by atoms with Crippen LogP contribution in [0.2, 0.25) is 0 Å². The number of rotatable bonds is 6. The minimum Gasteiger partial charge on any atom is -0.368 e. The highest BCUT2D eigenvalue weighted by Gasteiger charge is 2.42. The van der Waals surface area contributed by atoms with Crippen molar-refractivity contribution in [3.63, 3.8) is 0 Å². The van der Waals surface area contributed by atoms with Crippen LogP contribution in [0.25, 0.3) is 0 Å². The minimum atomic E-state index is -0.427. The highest BCUT2D eigenvalue weighted by molar-refractivity contribution is 7.99. The van der Waals surface area contributed by atoms with Crippen LogP contribution in [0.5, 0.6) is 0 Å². The molecule has 1 amide bonds. The van der Waals surface area contributed by atoms with E-state index < -0.39 is 5.54 Å². The van der Waals surface area contributed by atoms with E-state index in [2.05, 4.69) is 12.2 Å². The van der Waals surface area contributed by atoms with Gasteiger partial charge in [-0.25, -0.2) is 0 Å². The number of nitrogens with one attached hydrogen (secondary N) is 1. The molecule has 0 saturated heterocycles. The number of primary amides is 1. The molecule has 15 heavy (non-hydrogen) atoms. The fraction of sp³-hybridized carbons (Fsp3) is 0.909. The zero-order chi connectivity index (χ0) is 11.3. The molecule has 0 aromatic rings. The van der Waals surface area contributed by atoms with E-state index in [0.717, 1.165) is 19.3 Å². The Morgan fingerprint density at radius 2 is 2.40 bits per heavy atom. The van der Waals surface area contributed by atoms with Crippen LogP contribution < -0.4 is 11.1 Å². The summed E-state index contributed by atoms with van der Waals surface area (Å²) in [4.78, 5) is 11.4. The van der Waals surface area contributed by atoms with Crippen LogP contribution in [0, 0.1) is 0 Å². The minimum absolute atomic E-state index is 0.191. The van der Waals surface area contributed by atoms with E-state index in [0.29, 0.717) is 5.25 Å².